The van der Waals surface area contributed by atoms with Gasteiger partial charge < -0.3 is 25.6 Å². The van der Waals surface area contributed by atoms with Gasteiger partial charge in [0.05, 0.1) is 22.8 Å². The lowest BCUT2D eigenvalue weighted by Gasteiger charge is -2.56. The highest BCUT2D eigenvalue weighted by atomic mass is 16.5. The van der Waals surface area contributed by atoms with Crippen LogP contribution in [-0.4, -0.2) is 68.9 Å². The zero-order valence-corrected chi connectivity index (χ0v) is 21.5. The van der Waals surface area contributed by atoms with Crippen molar-refractivity contribution in [2.24, 2.45) is 11.3 Å². The molecule has 7 atom stereocenters. The Morgan fingerprint density at radius 2 is 2.03 bits per heavy atom. The molecule has 7 rings (SSSR count). The smallest absolute Gasteiger partial charge is 0.153 e. The number of ether oxygens (including phenoxy) is 1. The normalized spacial score (nSPS) is 41.3. The maximum absolute atomic E-state index is 11.2. The van der Waals surface area contributed by atoms with Crippen molar-refractivity contribution in [3.8, 4) is 0 Å². The lowest BCUT2D eigenvalue weighted by Crippen LogP contribution is -2.62. The Hall–Kier alpha value is -2.45. The third-order valence-electron chi connectivity index (χ3n) is 10.3. The second-order valence-corrected chi connectivity index (χ2v) is 12.3. The van der Waals surface area contributed by atoms with E-state index >= 15 is 0 Å². The molecule has 0 amide bonds. The Labute approximate surface area is 211 Å². The summed E-state index contributed by atoms with van der Waals surface area (Å²) in [7, 11) is 3.95. The molecule has 5 N–H and O–H groups in total. The summed E-state index contributed by atoms with van der Waals surface area (Å²) in [5.41, 5.74) is 12.1. The van der Waals surface area contributed by atoms with E-state index in [1.165, 1.54) is 22.3 Å². The summed E-state index contributed by atoms with van der Waals surface area (Å²) in [5, 5.41) is 30.4. The van der Waals surface area contributed by atoms with Gasteiger partial charge in [-0.2, -0.15) is 5.10 Å². The van der Waals surface area contributed by atoms with Crippen LogP contribution < -0.4 is 5.73 Å². The Bertz CT molecular complexity index is 1390. The highest BCUT2D eigenvalue weighted by Gasteiger charge is 2.68. The van der Waals surface area contributed by atoms with E-state index in [1.807, 2.05) is 19.0 Å². The highest BCUT2D eigenvalue weighted by molar-refractivity contribution is 5.91. The number of likely N-dealkylation sites (N-methyl/N-ethyl adjacent to an activating group) is 1. The highest BCUT2D eigenvalue weighted by Crippen LogP contribution is 2.69. The van der Waals surface area contributed by atoms with E-state index in [-0.39, 0.29) is 17.1 Å². The van der Waals surface area contributed by atoms with Crippen molar-refractivity contribution in [1.82, 2.24) is 15.1 Å². The topological polar surface area (TPSA) is 108 Å². The van der Waals surface area contributed by atoms with Crippen molar-refractivity contribution in [3.05, 3.63) is 52.6 Å². The van der Waals surface area contributed by atoms with Crippen molar-refractivity contribution >= 4 is 22.3 Å². The van der Waals surface area contributed by atoms with E-state index in [2.05, 4.69) is 54.4 Å². The Kier molecular flexibility index (Phi) is 4.48. The molecule has 2 fully saturated rings. The van der Waals surface area contributed by atoms with Gasteiger partial charge in [0.25, 0.3) is 0 Å². The maximum Gasteiger partial charge on any atom is 0.153 e. The fraction of sp³-hybridized carbons (Fsp3) is 0.552. The molecule has 0 radical (unpaired) electrons. The number of hydrogen-bond donors (Lipinski definition) is 4. The number of fused-ring (bicyclic) bond motifs is 2. The molecule has 1 aromatic heterocycles. The van der Waals surface area contributed by atoms with Crippen molar-refractivity contribution in [3.63, 3.8) is 0 Å². The number of nitrogen functional groups attached to an aromatic ring is 1. The first-order chi connectivity index (χ1) is 17.1. The molecule has 7 nitrogen and oxygen atoms in total. The predicted octanol–water partition coefficient (Wildman–Crippen LogP) is 3.56. The standard InChI is InChI=1S/C29H36N4O3/c1-15-13-27(2)18(16-5-6-17-21(11-16)31-32-26(17)30)7-8-23(27)29-10-9-28(36-29)14-22(33(3)4)25(35)24(34)20(28)12-19(15)29/h5-7,11-12,22-25,34-35H,8-10,13-14H2,1-4H3,(H3,30,31,32). The van der Waals surface area contributed by atoms with Gasteiger partial charge in [-0.15, -0.1) is 0 Å². The third kappa shape index (κ3) is 2.64. The largest absolute Gasteiger partial charge is 0.388 e. The number of nitrogens with zero attached hydrogens (tertiary/aromatic N) is 2. The summed E-state index contributed by atoms with van der Waals surface area (Å²) in [5.74, 6) is 0.853. The van der Waals surface area contributed by atoms with Crippen LogP contribution in [0.5, 0.6) is 0 Å². The summed E-state index contributed by atoms with van der Waals surface area (Å²) in [6.07, 6.45) is 7.38. The number of benzene rings is 1. The third-order valence-corrected chi connectivity index (χ3v) is 10.3. The predicted molar refractivity (Wildman–Crippen MR) is 140 cm³/mol. The number of nitrogens with one attached hydrogen (secondary N) is 1. The van der Waals surface area contributed by atoms with E-state index in [1.54, 1.807) is 0 Å². The molecule has 3 heterocycles. The second kappa shape index (κ2) is 7.10. The molecule has 2 bridgehead atoms. The number of aliphatic hydroxyl groups is 2. The molecule has 1 saturated heterocycles. The van der Waals surface area contributed by atoms with Crippen LogP contribution >= 0.6 is 0 Å². The lowest BCUT2D eigenvalue weighted by atomic mass is 9.56. The molecule has 5 aliphatic rings. The van der Waals surface area contributed by atoms with Gasteiger partial charge in [-0.1, -0.05) is 30.7 Å². The monoisotopic (exact) mass is 488 g/mol. The Balaban J connectivity index is 1.33. The number of hydrogen-bond acceptors (Lipinski definition) is 6. The zero-order valence-electron chi connectivity index (χ0n) is 21.5. The number of aliphatic hydroxyl groups excluding tert-OH is 2. The van der Waals surface area contributed by atoms with E-state index in [4.69, 9.17) is 10.5 Å². The van der Waals surface area contributed by atoms with Crippen molar-refractivity contribution < 1.29 is 14.9 Å². The van der Waals surface area contributed by atoms with Gasteiger partial charge in [-0.3, -0.25) is 5.10 Å². The molecule has 1 saturated carbocycles. The minimum absolute atomic E-state index is 0.0581. The summed E-state index contributed by atoms with van der Waals surface area (Å²) in [6.45, 7) is 4.64. The van der Waals surface area contributed by atoms with E-state index in [0.29, 0.717) is 18.2 Å². The van der Waals surface area contributed by atoms with Gasteiger partial charge in [0.2, 0.25) is 0 Å². The van der Waals surface area contributed by atoms with Crippen LogP contribution in [0.15, 0.2) is 47.1 Å². The van der Waals surface area contributed by atoms with Gasteiger partial charge in [0.15, 0.2) is 5.82 Å². The molecule has 2 aromatic rings. The Morgan fingerprint density at radius 3 is 2.81 bits per heavy atom. The number of rotatable bonds is 2. The fourth-order valence-electron chi connectivity index (χ4n) is 8.66. The first-order valence-corrected chi connectivity index (χ1v) is 13.2. The van der Waals surface area contributed by atoms with Crippen LogP contribution in [0.2, 0.25) is 0 Å². The summed E-state index contributed by atoms with van der Waals surface area (Å²) in [6, 6.07) is 6.29. The average molecular weight is 489 g/mol. The minimum atomic E-state index is -0.901. The van der Waals surface area contributed by atoms with Crippen LogP contribution in [0.1, 0.15) is 51.5 Å². The fourth-order valence-corrected chi connectivity index (χ4v) is 8.66. The van der Waals surface area contributed by atoms with Crippen LogP contribution in [0, 0.1) is 11.3 Å². The maximum atomic E-state index is 11.2. The number of nitrogens with two attached hydrogens (primary N) is 1. The number of aromatic amines is 1. The number of aromatic nitrogens is 2. The zero-order chi connectivity index (χ0) is 25.2. The molecule has 3 aliphatic carbocycles. The second-order valence-electron chi connectivity index (χ2n) is 12.3. The van der Waals surface area contributed by atoms with E-state index in [9.17, 15) is 10.2 Å². The molecule has 2 spiro atoms. The van der Waals surface area contributed by atoms with Crippen molar-refractivity contribution in [2.75, 3.05) is 19.8 Å². The first-order valence-electron chi connectivity index (χ1n) is 13.2. The average Bonchev–Trinajstić information content (AvgIpc) is 3.48. The molecule has 7 heteroatoms. The first kappa shape index (κ1) is 22.7. The minimum Gasteiger partial charge on any atom is -0.388 e. The molecular weight excluding hydrogens is 452 g/mol. The van der Waals surface area contributed by atoms with Gasteiger partial charge in [-0.05, 0) is 87.5 Å². The molecule has 1 aromatic carbocycles. The molecule has 7 unspecified atom stereocenters. The van der Waals surface area contributed by atoms with E-state index in [0.717, 1.165) is 42.2 Å². The molecule has 190 valence electrons. The number of anilines is 1. The van der Waals surface area contributed by atoms with Gasteiger partial charge in [-0.25, -0.2) is 0 Å². The SMILES string of the molecule is CC1=C2C=C3C(O)C(O)C(N(C)C)CC34CCC2(O4)C2CC=C(c3ccc4c(N)n[nH]c4c3)C2(C)C1. The van der Waals surface area contributed by atoms with Crippen molar-refractivity contribution in [1.29, 1.82) is 0 Å². The van der Waals surface area contributed by atoms with Crippen molar-refractivity contribution in [2.45, 2.75) is 75.4 Å². The van der Waals surface area contributed by atoms with E-state index < -0.39 is 17.8 Å². The van der Waals surface area contributed by atoms with Crippen LogP contribution in [0.3, 0.4) is 0 Å². The number of H-pyrrole nitrogens is 1. The Morgan fingerprint density at radius 1 is 1.22 bits per heavy atom. The van der Waals surface area contributed by atoms with Crippen LogP contribution in [0.4, 0.5) is 5.82 Å². The summed E-state index contributed by atoms with van der Waals surface area (Å²) in [4.78, 5) is 2.03. The molecular formula is C29H36N4O3. The van der Waals surface area contributed by atoms with Gasteiger partial charge in [0, 0.05) is 22.8 Å². The quantitative estimate of drug-likeness (QED) is 0.515. The van der Waals surface area contributed by atoms with Crippen LogP contribution in [-0.2, 0) is 4.74 Å². The van der Waals surface area contributed by atoms with Crippen LogP contribution in [0.25, 0.3) is 16.5 Å². The summed E-state index contributed by atoms with van der Waals surface area (Å²) >= 11 is 0. The number of allylic oxidation sites excluding steroid dienone is 3. The van der Waals surface area contributed by atoms with Gasteiger partial charge >= 0.3 is 0 Å². The van der Waals surface area contributed by atoms with Gasteiger partial charge in [0.1, 0.15) is 6.10 Å². The molecule has 36 heavy (non-hydrogen) atoms. The lowest BCUT2D eigenvalue weighted by molar-refractivity contribution is -0.162. The summed E-state index contributed by atoms with van der Waals surface area (Å²) < 4.78 is 7.30. The molecule has 2 aliphatic heterocycles.